The van der Waals surface area contributed by atoms with Crippen LogP contribution in [0.4, 0.5) is 0 Å². The van der Waals surface area contributed by atoms with Gasteiger partial charge >= 0.3 is 0 Å². The zero-order valence-corrected chi connectivity index (χ0v) is 9.44. The van der Waals surface area contributed by atoms with E-state index in [-0.39, 0.29) is 6.10 Å². The zero-order valence-electron chi connectivity index (χ0n) is 9.44. The van der Waals surface area contributed by atoms with E-state index in [9.17, 15) is 4.79 Å². The van der Waals surface area contributed by atoms with E-state index in [1.807, 2.05) is 24.3 Å². The number of hydrogen-bond acceptors (Lipinski definition) is 3. The number of ketones is 1. The summed E-state index contributed by atoms with van der Waals surface area (Å²) in [5.74, 6) is 1.16. The maximum absolute atomic E-state index is 11.3. The van der Waals surface area contributed by atoms with Gasteiger partial charge in [-0.15, -0.1) is 0 Å². The molecule has 0 aromatic heterocycles. The van der Waals surface area contributed by atoms with Crippen LogP contribution in [0.5, 0.6) is 5.75 Å². The van der Waals surface area contributed by atoms with E-state index in [1.165, 1.54) is 5.56 Å². The molecule has 1 saturated heterocycles. The molecule has 3 nitrogen and oxygen atoms in total. The molecule has 1 fully saturated rings. The SMILES string of the molecule is COc1ccc(CC2CC(=O)CCO2)cc1. The highest BCUT2D eigenvalue weighted by atomic mass is 16.5. The minimum absolute atomic E-state index is 0.0506. The molecule has 1 unspecified atom stereocenters. The van der Waals surface area contributed by atoms with E-state index in [4.69, 9.17) is 9.47 Å². The Balaban J connectivity index is 1.94. The van der Waals surface area contributed by atoms with Gasteiger partial charge in [-0.2, -0.15) is 0 Å². The molecule has 1 atom stereocenters. The highest BCUT2D eigenvalue weighted by Gasteiger charge is 2.20. The Bertz CT molecular complexity index is 356. The molecule has 0 aliphatic carbocycles. The number of benzene rings is 1. The van der Waals surface area contributed by atoms with E-state index >= 15 is 0 Å². The standard InChI is InChI=1S/C13H16O3/c1-15-12-4-2-10(3-5-12)8-13-9-11(14)6-7-16-13/h2-5,13H,6-9H2,1H3. The number of carbonyl (C=O) groups is 1. The quantitative estimate of drug-likeness (QED) is 0.781. The van der Waals surface area contributed by atoms with Crippen LogP contribution in [-0.2, 0) is 16.0 Å². The third-order valence-electron chi connectivity index (χ3n) is 2.81. The van der Waals surface area contributed by atoms with Crippen molar-refractivity contribution < 1.29 is 14.3 Å². The summed E-state index contributed by atoms with van der Waals surface area (Å²) in [5.41, 5.74) is 1.18. The second-order valence-corrected chi connectivity index (χ2v) is 4.04. The van der Waals surface area contributed by atoms with Gasteiger partial charge in [-0.1, -0.05) is 12.1 Å². The molecule has 0 N–H and O–H groups in total. The van der Waals surface area contributed by atoms with Crippen molar-refractivity contribution in [2.24, 2.45) is 0 Å². The first-order valence-electron chi connectivity index (χ1n) is 5.54. The third-order valence-corrected chi connectivity index (χ3v) is 2.81. The first-order valence-corrected chi connectivity index (χ1v) is 5.54. The van der Waals surface area contributed by atoms with Crippen LogP contribution in [-0.4, -0.2) is 25.6 Å². The minimum Gasteiger partial charge on any atom is -0.497 e. The van der Waals surface area contributed by atoms with Gasteiger partial charge in [0.25, 0.3) is 0 Å². The second-order valence-electron chi connectivity index (χ2n) is 4.04. The van der Waals surface area contributed by atoms with Crippen LogP contribution in [0.3, 0.4) is 0 Å². The second kappa shape index (κ2) is 5.12. The molecule has 1 aliphatic rings. The van der Waals surface area contributed by atoms with Crippen molar-refractivity contribution in [3.05, 3.63) is 29.8 Å². The zero-order chi connectivity index (χ0) is 11.4. The normalized spacial score (nSPS) is 20.8. The molecular weight excluding hydrogens is 204 g/mol. The van der Waals surface area contributed by atoms with Gasteiger partial charge in [0.15, 0.2) is 0 Å². The predicted octanol–water partition coefficient (Wildman–Crippen LogP) is 1.99. The van der Waals surface area contributed by atoms with Crippen LogP contribution in [0, 0.1) is 0 Å². The van der Waals surface area contributed by atoms with Gasteiger partial charge in [-0.25, -0.2) is 0 Å². The van der Waals surface area contributed by atoms with Crippen LogP contribution in [0.15, 0.2) is 24.3 Å². The highest BCUT2D eigenvalue weighted by molar-refractivity contribution is 5.79. The van der Waals surface area contributed by atoms with Gasteiger partial charge in [-0.3, -0.25) is 4.79 Å². The maximum Gasteiger partial charge on any atom is 0.137 e. The average molecular weight is 220 g/mol. The molecule has 0 spiro atoms. The Kier molecular flexibility index (Phi) is 3.57. The number of Topliss-reactive ketones (excluding diaryl/α,β-unsaturated/α-hetero) is 1. The maximum atomic E-state index is 11.3. The summed E-state index contributed by atoms with van der Waals surface area (Å²) < 4.78 is 10.6. The van der Waals surface area contributed by atoms with E-state index in [2.05, 4.69) is 0 Å². The van der Waals surface area contributed by atoms with E-state index < -0.39 is 0 Å². The van der Waals surface area contributed by atoms with E-state index in [0.29, 0.717) is 25.2 Å². The number of carbonyl (C=O) groups excluding carboxylic acids is 1. The largest absolute Gasteiger partial charge is 0.497 e. The molecule has 1 aliphatic heterocycles. The van der Waals surface area contributed by atoms with E-state index in [0.717, 1.165) is 12.2 Å². The van der Waals surface area contributed by atoms with Crippen molar-refractivity contribution in [3.8, 4) is 5.75 Å². The molecule has 1 aromatic rings. The Labute approximate surface area is 95.4 Å². The van der Waals surface area contributed by atoms with Gasteiger partial charge in [0, 0.05) is 12.8 Å². The van der Waals surface area contributed by atoms with Crippen molar-refractivity contribution in [1.29, 1.82) is 0 Å². The summed E-state index contributed by atoms with van der Waals surface area (Å²) in [6, 6.07) is 7.89. The summed E-state index contributed by atoms with van der Waals surface area (Å²) in [5, 5.41) is 0. The molecular formula is C13H16O3. The first kappa shape index (κ1) is 11.1. The Morgan fingerprint density at radius 2 is 2.12 bits per heavy atom. The van der Waals surface area contributed by atoms with Gasteiger partial charge in [0.05, 0.1) is 19.8 Å². The van der Waals surface area contributed by atoms with Crippen molar-refractivity contribution in [3.63, 3.8) is 0 Å². The Morgan fingerprint density at radius 3 is 2.75 bits per heavy atom. The Hall–Kier alpha value is -1.35. The molecule has 1 heterocycles. The molecule has 0 amide bonds. The summed E-state index contributed by atoms with van der Waals surface area (Å²) in [6.07, 6.45) is 1.97. The lowest BCUT2D eigenvalue weighted by Gasteiger charge is -2.21. The number of hydrogen-bond donors (Lipinski definition) is 0. The highest BCUT2D eigenvalue weighted by Crippen LogP contribution is 2.17. The van der Waals surface area contributed by atoms with Crippen LogP contribution in [0.2, 0.25) is 0 Å². The van der Waals surface area contributed by atoms with Gasteiger partial charge in [0.2, 0.25) is 0 Å². The number of rotatable bonds is 3. The fourth-order valence-electron chi connectivity index (χ4n) is 1.91. The molecule has 1 aromatic carbocycles. The topological polar surface area (TPSA) is 35.5 Å². The molecule has 16 heavy (non-hydrogen) atoms. The molecule has 0 bridgehead atoms. The van der Waals surface area contributed by atoms with Crippen LogP contribution in [0.25, 0.3) is 0 Å². The van der Waals surface area contributed by atoms with Crippen molar-refractivity contribution in [2.45, 2.75) is 25.4 Å². The molecule has 0 saturated carbocycles. The summed E-state index contributed by atoms with van der Waals surface area (Å²) in [7, 11) is 1.65. The van der Waals surface area contributed by atoms with Crippen LogP contribution < -0.4 is 4.74 Å². The van der Waals surface area contributed by atoms with Crippen LogP contribution in [0.1, 0.15) is 18.4 Å². The smallest absolute Gasteiger partial charge is 0.137 e. The lowest BCUT2D eigenvalue weighted by atomic mass is 10.0. The monoisotopic (exact) mass is 220 g/mol. The molecule has 2 rings (SSSR count). The van der Waals surface area contributed by atoms with Crippen LogP contribution >= 0.6 is 0 Å². The number of ether oxygens (including phenoxy) is 2. The summed E-state index contributed by atoms with van der Waals surface area (Å²) in [6.45, 7) is 0.569. The lowest BCUT2D eigenvalue weighted by Crippen LogP contribution is -2.27. The van der Waals surface area contributed by atoms with Gasteiger partial charge < -0.3 is 9.47 Å². The van der Waals surface area contributed by atoms with E-state index in [1.54, 1.807) is 7.11 Å². The van der Waals surface area contributed by atoms with Crippen molar-refractivity contribution in [1.82, 2.24) is 0 Å². The summed E-state index contributed by atoms with van der Waals surface area (Å²) >= 11 is 0. The fourth-order valence-corrected chi connectivity index (χ4v) is 1.91. The van der Waals surface area contributed by atoms with Gasteiger partial charge in [-0.05, 0) is 24.1 Å². The minimum atomic E-state index is 0.0506. The molecule has 86 valence electrons. The van der Waals surface area contributed by atoms with Gasteiger partial charge in [0.1, 0.15) is 11.5 Å². The Morgan fingerprint density at radius 1 is 1.38 bits per heavy atom. The fraction of sp³-hybridized carbons (Fsp3) is 0.462. The summed E-state index contributed by atoms with van der Waals surface area (Å²) in [4.78, 5) is 11.3. The predicted molar refractivity (Wildman–Crippen MR) is 60.7 cm³/mol. The number of methoxy groups -OCH3 is 1. The lowest BCUT2D eigenvalue weighted by molar-refractivity contribution is -0.128. The first-order chi connectivity index (χ1) is 7.78. The molecule has 0 radical (unpaired) electrons. The third kappa shape index (κ3) is 2.83. The average Bonchev–Trinajstić information content (AvgIpc) is 2.30. The molecule has 3 heteroatoms. The van der Waals surface area contributed by atoms with Crippen molar-refractivity contribution >= 4 is 5.78 Å². The van der Waals surface area contributed by atoms with Crippen molar-refractivity contribution in [2.75, 3.05) is 13.7 Å².